The van der Waals surface area contributed by atoms with Gasteiger partial charge in [0, 0.05) is 22.4 Å². The van der Waals surface area contributed by atoms with Crippen LogP contribution in [0.4, 0.5) is 13.2 Å². The summed E-state index contributed by atoms with van der Waals surface area (Å²) in [5.41, 5.74) is 0.112. The van der Waals surface area contributed by atoms with Gasteiger partial charge in [-0.2, -0.15) is 0 Å². The highest BCUT2D eigenvalue weighted by molar-refractivity contribution is 8.13. The molecule has 0 unspecified atom stereocenters. The van der Waals surface area contributed by atoms with E-state index in [1.807, 2.05) is 0 Å². The Balaban J connectivity index is 3.53. The molecule has 0 radical (unpaired) electrons. The lowest BCUT2D eigenvalue weighted by molar-refractivity contribution is -0.276. The van der Waals surface area contributed by atoms with Gasteiger partial charge in [0.1, 0.15) is 0 Å². The monoisotopic (exact) mass is 305 g/mol. The molecule has 0 atom stereocenters. The van der Waals surface area contributed by atoms with Crippen LogP contribution >= 0.6 is 10.7 Å². The Morgan fingerprint density at radius 1 is 1.39 bits per heavy atom. The minimum atomic E-state index is -5.10. The van der Waals surface area contributed by atoms with Crippen molar-refractivity contribution in [3.8, 4) is 11.5 Å². The summed E-state index contributed by atoms with van der Waals surface area (Å²) in [6, 6.07) is 1.09. The lowest BCUT2D eigenvalue weighted by atomic mass is 10.3. The van der Waals surface area contributed by atoms with Crippen LogP contribution in [0.25, 0.3) is 0 Å². The first kappa shape index (κ1) is 14.8. The summed E-state index contributed by atoms with van der Waals surface area (Å²) in [6.07, 6.45) is -5.10. The number of alkyl halides is 3. The Labute approximate surface area is 105 Å². The number of ether oxygens (including phenoxy) is 2. The molecule has 1 aromatic heterocycles. The number of aromatic nitrogens is 1. The first-order chi connectivity index (χ1) is 8.04. The molecule has 0 aliphatic carbocycles. The van der Waals surface area contributed by atoms with Gasteiger partial charge in [0.15, 0.2) is 5.75 Å². The van der Waals surface area contributed by atoms with E-state index in [1.165, 1.54) is 6.92 Å². The Morgan fingerprint density at radius 2 is 1.94 bits per heavy atom. The van der Waals surface area contributed by atoms with Crippen molar-refractivity contribution in [2.24, 2.45) is 0 Å². The van der Waals surface area contributed by atoms with Crippen LogP contribution in [0.1, 0.15) is 5.69 Å². The summed E-state index contributed by atoms with van der Waals surface area (Å²) < 4.78 is 67.1. The lowest BCUT2D eigenvalue weighted by Gasteiger charge is -2.14. The number of pyridine rings is 1. The van der Waals surface area contributed by atoms with Gasteiger partial charge in [0.05, 0.1) is 7.11 Å². The maximum Gasteiger partial charge on any atom is 0.573 e. The van der Waals surface area contributed by atoms with Crippen LogP contribution in [0.15, 0.2) is 11.1 Å². The summed E-state index contributed by atoms with van der Waals surface area (Å²) in [6.45, 7) is 1.37. The summed E-state index contributed by atoms with van der Waals surface area (Å²) in [4.78, 5) is 3.41. The van der Waals surface area contributed by atoms with E-state index < -0.39 is 31.9 Å². The minimum Gasteiger partial charge on any atom is -0.493 e. The molecule has 10 heteroatoms. The number of halogens is 4. The van der Waals surface area contributed by atoms with Crippen LogP contribution in [-0.2, 0) is 9.05 Å². The van der Waals surface area contributed by atoms with Crippen molar-refractivity contribution in [1.29, 1.82) is 0 Å². The van der Waals surface area contributed by atoms with Gasteiger partial charge in [-0.1, -0.05) is 0 Å². The molecule has 0 N–H and O–H groups in total. The second-order valence-corrected chi connectivity index (χ2v) is 5.57. The number of aryl methyl sites for hydroxylation is 1. The highest BCUT2D eigenvalue weighted by atomic mass is 35.7. The Bertz CT molecular complexity index is 558. The number of hydrogen-bond acceptors (Lipinski definition) is 5. The quantitative estimate of drug-likeness (QED) is 0.801. The molecule has 1 rings (SSSR count). The van der Waals surface area contributed by atoms with E-state index in [4.69, 9.17) is 10.7 Å². The molecule has 0 amide bonds. The normalized spacial score (nSPS) is 12.3. The van der Waals surface area contributed by atoms with Crippen molar-refractivity contribution in [2.75, 3.05) is 7.11 Å². The standard InChI is InChI=1S/C8H7ClF3NO4S/c1-4-3-5(16-2)6(17-8(10,11)12)7(13-4)18(9,14)15/h3H,1-2H3. The SMILES string of the molecule is COc1cc(C)nc(S(=O)(=O)Cl)c1OC(F)(F)F. The van der Waals surface area contributed by atoms with Gasteiger partial charge in [-0.15, -0.1) is 13.2 Å². The molecule has 18 heavy (non-hydrogen) atoms. The average Bonchev–Trinajstić information content (AvgIpc) is 2.16. The molecule has 1 heterocycles. The van der Waals surface area contributed by atoms with Crippen molar-refractivity contribution >= 4 is 19.7 Å². The molecule has 102 valence electrons. The maximum atomic E-state index is 12.2. The molecular weight excluding hydrogens is 299 g/mol. The summed E-state index contributed by atoms with van der Waals surface area (Å²) >= 11 is 0. The van der Waals surface area contributed by atoms with E-state index in [0.717, 1.165) is 13.2 Å². The van der Waals surface area contributed by atoms with Crippen molar-refractivity contribution in [3.05, 3.63) is 11.8 Å². The highest BCUT2D eigenvalue weighted by Gasteiger charge is 2.36. The van der Waals surface area contributed by atoms with Gasteiger partial charge >= 0.3 is 6.36 Å². The number of methoxy groups -OCH3 is 1. The third kappa shape index (κ3) is 3.64. The molecule has 0 aliphatic rings. The second kappa shape index (κ2) is 4.81. The van der Waals surface area contributed by atoms with Gasteiger partial charge in [0.2, 0.25) is 10.8 Å². The number of rotatable bonds is 3. The molecule has 1 aromatic rings. The predicted octanol–water partition coefficient (Wildman–Crippen LogP) is 2.22. The van der Waals surface area contributed by atoms with Gasteiger partial charge in [-0.25, -0.2) is 13.4 Å². The van der Waals surface area contributed by atoms with Gasteiger partial charge in [0.25, 0.3) is 9.05 Å². The lowest BCUT2D eigenvalue weighted by Crippen LogP contribution is -2.19. The number of hydrogen-bond donors (Lipinski definition) is 0. The Hall–Kier alpha value is -1.22. The fraction of sp³-hybridized carbons (Fsp3) is 0.375. The molecule has 0 spiro atoms. The zero-order valence-electron chi connectivity index (χ0n) is 9.08. The van der Waals surface area contributed by atoms with Crippen molar-refractivity contribution in [1.82, 2.24) is 4.98 Å². The van der Waals surface area contributed by atoms with E-state index in [-0.39, 0.29) is 5.69 Å². The first-order valence-corrected chi connectivity index (χ1v) is 6.61. The van der Waals surface area contributed by atoms with Crippen molar-refractivity contribution in [2.45, 2.75) is 18.3 Å². The molecule has 0 bridgehead atoms. The van der Waals surface area contributed by atoms with Crippen LogP contribution < -0.4 is 9.47 Å². The summed E-state index contributed by atoms with van der Waals surface area (Å²) in [5.74, 6) is -1.52. The molecule has 0 aliphatic heterocycles. The molecule has 0 fully saturated rings. The van der Waals surface area contributed by atoms with E-state index in [1.54, 1.807) is 0 Å². The number of nitrogens with zero attached hydrogens (tertiary/aromatic N) is 1. The predicted molar refractivity (Wildman–Crippen MR) is 55.2 cm³/mol. The van der Waals surface area contributed by atoms with E-state index in [9.17, 15) is 21.6 Å². The molecule has 0 aromatic carbocycles. The zero-order valence-corrected chi connectivity index (χ0v) is 10.7. The van der Waals surface area contributed by atoms with Gasteiger partial charge in [-0.05, 0) is 6.92 Å². The van der Waals surface area contributed by atoms with E-state index in [0.29, 0.717) is 0 Å². The molecule has 0 saturated heterocycles. The Kier molecular flexibility index (Phi) is 3.96. The molecule has 0 saturated carbocycles. The molecule has 5 nitrogen and oxygen atoms in total. The van der Waals surface area contributed by atoms with Crippen LogP contribution in [-0.4, -0.2) is 26.9 Å². The van der Waals surface area contributed by atoms with Crippen LogP contribution in [0.5, 0.6) is 11.5 Å². The highest BCUT2D eigenvalue weighted by Crippen LogP contribution is 2.38. The van der Waals surface area contributed by atoms with Crippen LogP contribution in [0, 0.1) is 6.92 Å². The topological polar surface area (TPSA) is 65.5 Å². The van der Waals surface area contributed by atoms with Crippen LogP contribution in [0.3, 0.4) is 0 Å². The fourth-order valence-corrected chi connectivity index (χ4v) is 2.06. The van der Waals surface area contributed by atoms with Gasteiger partial charge < -0.3 is 9.47 Å². The maximum absolute atomic E-state index is 12.2. The first-order valence-electron chi connectivity index (χ1n) is 4.30. The van der Waals surface area contributed by atoms with Crippen molar-refractivity contribution in [3.63, 3.8) is 0 Å². The van der Waals surface area contributed by atoms with Crippen molar-refractivity contribution < 1.29 is 31.1 Å². The third-order valence-electron chi connectivity index (χ3n) is 1.70. The molecular formula is C8H7ClF3NO4S. The zero-order chi connectivity index (χ0) is 14.1. The summed E-state index contributed by atoms with van der Waals surface area (Å²) in [7, 11) is 1.55. The average molecular weight is 306 g/mol. The second-order valence-electron chi connectivity index (χ2n) is 3.09. The van der Waals surface area contributed by atoms with E-state index >= 15 is 0 Å². The smallest absolute Gasteiger partial charge is 0.493 e. The van der Waals surface area contributed by atoms with Gasteiger partial charge in [-0.3, -0.25) is 0 Å². The van der Waals surface area contributed by atoms with E-state index in [2.05, 4.69) is 14.5 Å². The third-order valence-corrected chi connectivity index (χ3v) is 2.88. The largest absolute Gasteiger partial charge is 0.573 e. The minimum absolute atomic E-state index is 0.112. The summed E-state index contributed by atoms with van der Waals surface area (Å²) in [5, 5.41) is -1.04. The fourth-order valence-electron chi connectivity index (χ4n) is 1.13. The van der Waals surface area contributed by atoms with Crippen LogP contribution in [0.2, 0.25) is 0 Å². The Morgan fingerprint density at radius 3 is 2.33 bits per heavy atom.